The summed E-state index contributed by atoms with van der Waals surface area (Å²) in [6.07, 6.45) is 4.32. The van der Waals surface area contributed by atoms with Gasteiger partial charge in [0.25, 0.3) is 5.91 Å². The van der Waals surface area contributed by atoms with Gasteiger partial charge in [-0.25, -0.2) is 0 Å². The minimum absolute atomic E-state index is 0.236. The number of nitriles is 1. The molecule has 2 heterocycles. The van der Waals surface area contributed by atoms with Gasteiger partial charge in [-0.1, -0.05) is 12.1 Å². The molecule has 0 aliphatic rings. The number of pyridine rings is 1. The Labute approximate surface area is 114 Å². The van der Waals surface area contributed by atoms with E-state index >= 15 is 0 Å². The number of hydrogen-bond donors (Lipinski definition) is 1. The van der Waals surface area contributed by atoms with Gasteiger partial charge in [-0.2, -0.15) is 5.26 Å². The van der Waals surface area contributed by atoms with Gasteiger partial charge < -0.3 is 9.73 Å². The quantitative estimate of drug-likeness (QED) is 0.770. The molecular weight excluding hydrogens is 254 g/mol. The molecule has 5 heteroatoms. The van der Waals surface area contributed by atoms with Crippen LogP contribution in [0.15, 0.2) is 53.4 Å². The number of aromatic nitrogens is 1. The summed E-state index contributed by atoms with van der Waals surface area (Å²) in [4.78, 5) is 16.1. The number of fused-ring (bicyclic) bond motifs is 1. The molecule has 1 N–H and O–H groups in total. The summed E-state index contributed by atoms with van der Waals surface area (Å²) in [5.74, 6) is -0.388. The van der Waals surface area contributed by atoms with E-state index in [1.807, 2.05) is 30.3 Å². The summed E-state index contributed by atoms with van der Waals surface area (Å²) in [6.45, 7) is 0. The maximum absolute atomic E-state index is 12.2. The Kier molecular flexibility index (Phi) is 2.90. The standard InChI is InChI=1S/C15H9N3O2/c16-7-10-5-6-17-8-12(10)15(19)18-13-9-20-14-4-2-1-3-11(13)14/h1-6,8-9H,(H,18,19). The van der Waals surface area contributed by atoms with Crippen molar-refractivity contribution in [3.8, 4) is 6.07 Å². The van der Waals surface area contributed by atoms with E-state index in [1.54, 1.807) is 0 Å². The van der Waals surface area contributed by atoms with E-state index < -0.39 is 0 Å². The van der Waals surface area contributed by atoms with Crippen LogP contribution in [-0.4, -0.2) is 10.9 Å². The Morgan fingerprint density at radius 1 is 1.30 bits per heavy atom. The lowest BCUT2D eigenvalue weighted by atomic mass is 10.1. The summed E-state index contributed by atoms with van der Waals surface area (Å²) < 4.78 is 5.35. The van der Waals surface area contributed by atoms with Crippen LogP contribution in [0.4, 0.5) is 5.69 Å². The fourth-order valence-corrected chi connectivity index (χ4v) is 1.94. The Balaban J connectivity index is 1.95. The van der Waals surface area contributed by atoms with Crippen LogP contribution in [0, 0.1) is 11.3 Å². The summed E-state index contributed by atoms with van der Waals surface area (Å²) in [5, 5.41) is 12.5. The molecule has 0 unspecified atom stereocenters. The van der Waals surface area contributed by atoms with E-state index in [2.05, 4.69) is 10.3 Å². The molecule has 0 radical (unpaired) electrons. The minimum atomic E-state index is -0.388. The first-order valence-electron chi connectivity index (χ1n) is 5.91. The van der Waals surface area contributed by atoms with Crippen molar-refractivity contribution in [3.05, 3.63) is 60.1 Å². The van der Waals surface area contributed by atoms with Crippen LogP contribution in [0.25, 0.3) is 11.0 Å². The third-order valence-corrected chi connectivity index (χ3v) is 2.92. The second-order valence-corrected chi connectivity index (χ2v) is 4.13. The first kappa shape index (κ1) is 11.9. The lowest BCUT2D eigenvalue weighted by Gasteiger charge is -2.04. The number of hydrogen-bond acceptors (Lipinski definition) is 4. The molecule has 96 valence electrons. The predicted molar refractivity (Wildman–Crippen MR) is 73.1 cm³/mol. The Morgan fingerprint density at radius 3 is 3.00 bits per heavy atom. The van der Waals surface area contributed by atoms with Crippen molar-refractivity contribution in [3.63, 3.8) is 0 Å². The number of anilines is 1. The molecule has 1 amide bonds. The van der Waals surface area contributed by atoms with Crippen LogP contribution in [0.1, 0.15) is 15.9 Å². The summed E-state index contributed by atoms with van der Waals surface area (Å²) in [6, 6.07) is 10.8. The number of nitrogens with one attached hydrogen (secondary N) is 1. The molecule has 20 heavy (non-hydrogen) atoms. The topological polar surface area (TPSA) is 78.9 Å². The first-order chi connectivity index (χ1) is 9.79. The lowest BCUT2D eigenvalue weighted by molar-refractivity contribution is 0.102. The molecule has 3 aromatic rings. The molecule has 0 fully saturated rings. The summed E-state index contributed by atoms with van der Waals surface area (Å²) in [7, 11) is 0. The van der Waals surface area contributed by atoms with Crippen molar-refractivity contribution in [2.45, 2.75) is 0 Å². The largest absolute Gasteiger partial charge is 0.462 e. The fraction of sp³-hybridized carbons (Fsp3) is 0. The van der Waals surface area contributed by atoms with Gasteiger partial charge in [-0.3, -0.25) is 9.78 Å². The van der Waals surface area contributed by atoms with Crippen molar-refractivity contribution < 1.29 is 9.21 Å². The fourth-order valence-electron chi connectivity index (χ4n) is 1.94. The van der Waals surface area contributed by atoms with E-state index in [-0.39, 0.29) is 17.0 Å². The Morgan fingerprint density at radius 2 is 2.15 bits per heavy atom. The number of carbonyl (C=O) groups excluding carboxylic acids is 1. The van der Waals surface area contributed by atoms with Crippen molar-refractivity contribution >= 4 is 22.6 Å². The predicted octanol–water partition coefficient (Wildman–Crippen LogP) is 2.95. The zero-order valence-electron chi connectivity index (χ0n) is 10.3. The molecule has 0 aliphatic carbocycles. The van der Waals surface area contributed by atoms with E-state index in [4.69, 9.17) is 9.68 Å². The van der Waals surface area contributed by atoms with E-state index in [9.17, 15) is 4.79 Å². The number of rotatable bonds is 2. The Bertz CT molecular complexity index is 830. The molecule has 0 saturated heterocycles. The highest BCUT2D eigenvalue weighted by atomic mass is 16.3. The average Bonchev–Trinajstić information content (AvgIpc) is 2.90. The van der Waals surface area contributed by atoms with Crippen molar-refractivity contribution in [1.29, 1.82) is 5.26 Å². The molecule has 1 aromatic carbocycles. The third kappa shape index (κ3) is 1.99. The number of para-hydroxylation sites is 1. The van der Waals surface area contributed by atoms with Crippen LogP contribution in [0.5, 0.6) is 0 Å². The summed E-state index contributed by atoms with van der Waals surface area (Å²) >= 11 is 0. The maximum atomic E-state index is 12.2. The summed E-state index contributed by atoms with van der Waals surface area (Å²) in [5.41, 5.74) is 1.78. The second-order valence-electron chi connectivity index (χ2n) is 4.13. The number of carbonyl (C=O) groups is 1. The highest BCUT2D eigenvalue weighted by molar-refractivity contribution is 6.09. The van der Waals surface area contributed by atoms with Crippen LogP contribution >= 0.6 is 0 Å². The van der Waals surface area contributed by atoms with Gasteiger partial charge in [0, 0.05) is 17.8 Å². The van der Waals surface area contributed by atoms with Crippen LogP contribution in [0.2, 0.25) is 0 Å². The molecular formula is C15H9N3O2. The van der Waals surface area contributed by atoms with Crippen molar-refractivity contribution in [1.82, 2.24) is 4.98 Å². The van der Waals surface area contributed by atoms with E-state index in [0.29, 0.717) is 11.3 Å². The molecule has 2 aromatic heterocycles. The Hall–Kier alpha value is -3.13. The van der Waals surface area contributed by atoms with Gasteiger partial charge in [0.05, 0.1) is 16.8 Å². The third-order valence-electron chi connectivity index (χ3n) is 2.92. The van der Waals surface area contributed by atoms with Crippen LogP contribution < -0.4 is 5.32 Å². The van der Waals surface area contributed by atoms with Gasteiger partial charge in [0.15, 0.2) is 0 Å². The van der Waals surface area contributed by atoms with E-state index in [0.717, 1.165) is 5.39 Å². The number of furan rings is 1. The van der Waals surface area contributed by atoms with E-state index in [1.165, 1.54) is 24.7 Å². The average molecular weight is 263 g/mol. The first-order valence-corrected chi connectivity index (χ1v) is 5.91. The van der Waals surface area contributed by atoms with Gasteiger partial charge in [0.2, 0.25) is 0 Å². The van der Waals surface area contributed by atoms with Gasteiger partial charge in [-0.05, 0) is 18.2 Å². The number of amides is 1. The van der Waals surface area contributed by atoms with Gasteiger partial charge in [0.1, 0.15) is 17.9 Å². The van der Waals surface area contributed by atoms with Crippen molar-refractivity contribution in [2.75, 3.05) is 5.32 Å². The normalized spacial score (nSPS) is 10.2. The minimum Gasteiger partial charge on any atom is -0.462 e. The maximum Gasteiger partial charge on any atom is 0.258 e. The molecule has 0 bridgehead atoms. The smallest absolute Gasteiger partial charge is 0.258 e. The molecule has 0 atom stereocenters. The highest BCUT2D eigenvalue weighted by Crippen LogP contribution is 2.25. The SMILES string of the molecule is N#Cc1ccncc1C(=O)Nc1coc2ccccc12. The molecule has 0 aliphatic heterocycles. The molecule has 5 nitrogen and oxygen atoms in total. The number of nitrogens with zero attached hydrogens (tertiary/aromatic N) is 2. The van der Waals surface area contributed by atoms with Gasteiger partial charge >= 0.3 is 0 Å². The zero-order valence-corrected chi connectivity index (χ0v) is 10.3. The monoisotopic (exact) mass is 263 g/mol. The van der Waals surface area contributed by atoms with Crippen LogP contribution in [-0.2, 0) is 0 Å². The zero-order chi connectivity index (χ0) is 13.9. The molecule has 0 spiro atoms. The second kappa shape index (κ2) is 4.86. The molecule has 3 rings (SSSR count). The molecule has 0 saturated carbocycles. The van der Waals surface area contributed by atoms with Crippen LogP contribution in [0.3, 0.4) is 0 Å². The lowest BCUT2D eigenvalue weighted by Crippen LogP contribution is -2.13. The van der Waals surface area contributed by atoms with Crippen molar-refractivity contribution in [2.24, 2.45) is 0 Å². The highest BCUT2D eigenvalue weighted by Gasteiger charge is 2.14. The number of benzene rings is 1. The van der Waals surface area contributed by atoms with Gasteiger partial charge in [-0.15, -0.1) is 0 Å².